The fourth-order valence-corrected chi connectivity index (χ4v) is 3.81. The Kier molecular flexibility index (Phi) is 4.12. The van der Waals surface area contributed by atoms with Gasteiger partial charge in [0.05, 0.1) is 0 Å². The van der Waals surface area contributed by atoms with Gasteiger partial charge in [-0.15, -0.1) is 0 Å². The molecule has 3 heteroatoms. The molecule has 21 heavy (non-hydrogen) atoms. The van der Waals surface area contributed by atoms with Crippen LogP contribution in [-0.2, 0) is 6.42 Å². The van der Waals surface area contributed by atoms with Crippen molar-refractivity contribution < 1.29 is 9.47 Å². The summed E-state index contributed by atoms with van der Waals surface area (Å²) in [4.78, 5) is 0. The number of ether oxygens (including phenoxy) is 2. The SMILES string of the molecule is CC1CC(C)(C)CC1NCCc1ccc2c(c1)OCCO2. The van der Waals surface area contributed by atoms with Crippen molar-refractivity contribution in [1.82, 2.24) is 5.32 Å². The molecule has 2 aliphatic rings. The van der Waals surface area contributed by atoms with Gasteiger partial charge in [-0.1, -0.05) is 26.8 Å². The molecule has 1 saturated carbocycles. The van der Waals surface area contributed by atoms with Crippen molar-refractivity contribution in [2.45, 2.75) is 46.1 Å². The Bertz CT molecular complexity index is 498. The fourth-order valence-electron chi connectivity index (χ4n) is 3.81. The van der Waals surface area contributed by atoms with Crippen molar-refractivity contribution >= 4 is 0 Å². The van der Waals surface area contributed by atoms with Crippen LogP contribution in [0.15, 0.2) is 18.2 Å². The summed E-state index contributed by atoms with van der Waals surface area (Å²) in [6.45, 7) is 9.48. The van der Waals surface area contributed by atoms with Gasteiger partial charge in [0.2, 0.25) is 0 Å². The topological polar surface area (TPSA) is 30.5 Å². The maximum absolute atomic E-state index is 5.64. The third kappa shape index (κ3) is 3.52. The minimum absolute atomic E-state index is 0.494. The minimum Gasteiger partial charge on any atom is -0.486 e. The van der Waals surface area contributed by atoms with Gasteiger partial charge in [0.1, 0.15) is 13.2 Å². The van der Waals surface area contributed by atoms with E-state index >= 15 is 0 Å². The maximum atomic E-state index is 5.64. The summed E-state index contributed by atoms with van der Waals surface area (Å²) < 4.78 is 11.2. The van der Waals surface area contributed by atoms with Crippen LogP contribution in [-0.4, -0.2) is 25.8 Å². The van der Waals surface area contributed by atoms with E-state index in [1.165, 1.54) is 18.4 Å². The van der Waals surface area contributed by atoms with Gasteiger partial charge in [-0.2, -0.15) is 0 Å². The average molecular weight is 289 g/mol. The summed E-state index contributed by atoms with van der Waals surface area (Å²) in [5.74, 6) is 2.55. The van der Waals surface area contributed by atoms with E-state index in [9.17, 15) is 0 Å². The Morgan fingerprint density at radius 3 is 2.62 bits per heavy atom. The molecule has 0 radical (unpaired) electrons. The Hall–Kier alpha value is -1.22. The highest BCUT2D eigenvalue weighted by atomic mass is 16.6. The maximum Gasteiger partial charge on any atom is 0.161 e. The number of hydrogen-bond acceptors (Lipinski definition) is 3. The van der Waals surface area contributed by atoms with Crippen LogP contribution in [0.5, 0.6) is 11.5 Å². The van der Waals surface area contributed by atoms with E-state index in [0.717, 1.165) is 30.4 Å². The highest BCUT2D eigenvalue weighted by molar-refractivity contribution is 5.43. The van der Waals surface area contributed by atoms with E-state index in [4.69, 9.17) is 9.47 Å². The van der Waals surface area contributed by atoms with Crippen molar-refractivity contribution in [3.05, 3.63) is 23.8 Å². The van der Waals surface area contributed by atoms with Crippen LogP contribution in [0.4, 0.5) is 0 Å². The van der Waals surface area contributed by atoms with Crippen molar-refractivity contribution in [2.75, 3.05) is 19.8 Å². The van der Waals surface area contributed by atoms with Crippen LogP contribution in [0.1, 0.15) is 39.2 Å². The molecule has 3 nitrogen and oxygen atoms in total. The van der Waals surface area contributed by atoms with Gasteiger partial charge in [0.25, 0.3) is 0 Å². The quantitative estimate of drug-likeness (QED) is 0.921. The smallest absolute Gasteiger partial charge is 0.161 e. The molecule has 1 heterocycles. The van der Waals surface area contributed by atoms with E-state index in [0.29, 0.717) is 24.7 Å². The molecule has 1 aliphatic heterocycles. The first-order valence-corrected chi connectivity index (χ1v) is 8.15. The highest BCUT2D eigenvalue weighted by Gasteiger charge is 2.36. The second-order valence-corrected chi connectivity index (χ2v) is 7.34. The Labute approximate surface area is 128 Å². The second-order valence-electron chi connectivity index (χ2n) is 7.34. The normalized spacial score (nSPS) is 26.8. The fraction of sp³-hybridized carbons (Fsp3) is 0.667. The molecule has 0 saturated heterocycles. The van der Waals surface area contributed by atoms with E-state index < -0.39 is 0 Å². The molecule has 1 aliphatic carbocycles. The molecule has 0 spiro atoms. The van der Waals surface area contributed by atoms with Crippen molar-refractivity contribution in [1.29, 1.82) is 0 Å². The van der Waals surface area contributed by atoms with Crippen LogP contribution in [0.2, 0.25) is 0 Å². The van der Waals surface area contributed by atoms with Crippen LogP contribution in [0.25, 0.3) is 0 Å². The largest absolute Gasteiger partial charge is 0.486 e. The van der Waals surface area contributed by atoms with Crippen molar-refractivity contribution in [2.24, 2.45) is 11.3 Å². The van der Waals surface area contributed by atoms with E-state index in [1.54, 1.807) is 0 Å². The zero-order valence-electron chi connectivity index (χ0n) is 13.4. The monoisotopic (exact) mass is 289 g/mol. The lowest BCUT2D eigenvalue weighted by molar-refractivity contribution is 0.171. The first-order chi connectivity index (χ1) is 10.0. The third-order valence-electron chi connectivity index (χ3n) is 4.76. The van der Waals surface area contributed by atoms with Crippen LogP contribution < -0.4 is 14.8 Å². The van der Waals surface area contributed by atoms with Crippen LogP contribution in [0.3, 0.4) is 0 Å². The third-order valence-corrected chi connectivity index (χ3v) is 4.76. The molecule has 116 valence electrons. The molecule has 0 bridgehead atoms. The van der Waals surface area contributed by atoms with Gasteiger partial charge in [0.15, 0.2) is 11.5 Å². The summed E-state index contributed by atoms with van der Waals surface area (Å²) in [7, 11) is 0. The number of rotatable bonds is 4. The molecular formula is C18H27NO2. The summed E-state index contributed by atoms with van der Waals surface area (Å²) in [6, 6.07) is 6.97. The van der Waals surface area contributed by atoms with Crippen molar-refractivity contribution in [3.63, 3.8) is 0 Å². The molecule has 0 aromatic heterocycles. The molecule has 1 aromatic carbocycles. The lowest BCUT2D eigenvalue weighted by Gasteiger charge is -2.20. The lowest BCUT2D eigenvalue weighted by atomic mass is 9.91. The molecule has 3 rings (SSSR count). The predicted molar refractivity (Wildman–Crippen MR) is 85.1 cm³/mol. The molecule has 2 atom stereocenters. The zero-order valence-corrected chi connectivity index (χ0v) is 13.4. The minimum atomic E-state index is 0.494. The zero-order chi connectivity index (χ0) is 14.9. The van der Waals surface area contributed by atoms with Gasteiger partial charge in [0, 0.05) is 6.04 Å². The van der Waals surface area contributed by atoms with Gasteiger partial charge in [-0.25, -0.2) is 0 Å². The Morgan fingerprint density at radius 2 is 1.90 bits per heavy atom. The number of fused-ring (bicyclic) bond motifs is 1. The van der Waals surface area contributed by atoms with E-state index in [1.807, 2.05) is 6.07 Å². The van der Waals surface area contributed by atoms with Crippen LogP contribution in [0, 0.1) is 11.3 Å². The average Bonchev–Trinajstić information content (AvgIpc) is 2.71. The summed E-state index contributed by atoms with van der Waals surface area (Å²) in [5.41, 5.74) is 1.81. The number of benzene rings is 1. The number of nitrogens with one attached hydrogen (secondary N) is 1. The summed E-state index contributed by atoms with van der Waals surface area (Å²) in [5, 5.41) is 3.74. The molecule has 1 fully saturated rings. The summed E-state index contributed by atoms with van der Waals surface area (Å²) >= 11 is 0. The van der Waals surface area contributed by atoms with Gasteiger partial charge in [-0.05, 0) is 54.8 Å². The van der Waals surface area contributed by atoms with Gasteiger partial charge < -0.3 is 14.8 Å². The first-order valence-electron chi connectivity index (χ1n) is 8.15. The molecular weight excluding hydrogens is 262 g/mol. The second kappa shape index (κ2) is 5.88. The Morgan fingerprint density at radius 1 is 1.14 bits per heavy atom. The molecule has 1 N–H and O–H groups in total. The summed E-state index contributed by atoms with van der Waals surface area (Å²) in [6.07, 6.45) is 3.66. The molecule has 1 aromatic rings. The molecule has 0 amide bonds. The molecule has 2 unspecified atom stereocenters. The first kappa shape index (κ1) is 14.7. The van der Waals surface area contributed by atoms with E-state index in [-0.39, 0.29) is 0 Å². The van der Waals surface area contributed by atoms with E-state index in [2.05, 4.69) is 38.2 Å². The van der Waals surface area contributed by atoms with Crippen molar-refractivity contribution in [3.8, 4) is 11.5 Å². The standard InChI is InChI=1S/C18H27NO2/c1-13-11-18(2,3)12-15(13)19-7-6-14-4-5-16-17(10-14)21-9-8-20-16/h4-5,10,13,15,19H,6-9,11-12H2,1-3H3. The van der Waals surface area contributed by atoms with Gasteiger partial charge in [-0.3, -0.25) is 0 Å². The van der Waals surface area contributed by atoms with Crippen LogP contribution >= 0.6 is 0 Å². The van der Waals surface area contributed by atoms with Gasteiger partial charge >= 0.3 is 0 Å². The number of hydrogen-bond donors (Lipinski definition) is 1. The predicted octanol–water partition coefficient (Wildman–Crippen LogP) is 3.41. The Balaban J connectivity index is 1.52. The lowest BCUT2D eigenvalue weighted by Crippen LogP contribution is -2.33. The highest BCUT2D eigenvalue weighted by Crippen LogP contribution is 2.40.